The fourth-order valence-electron chi connectivity index (χ4n) is 1.77. The predicted molar refractivity (Wildman–Crippen MR) is 36.7 cm³/mol. The van der Waals surface area contributed by atoms with E-state index in [-0.39, 0.29) is 5.60 Å². The van der Waals surface area contributed by atoms with Gasteiger partial charge in [0, 0.05) is 6.61 Å². The van der Waals surface area contributed by atoms with Crippen molar-refractivity contribution in [1.29, 1.82) is 0 Å². The van der Waals surface area contributed by atoms with Gasteiger partial charge in [0.2, 0.25) is 0 Å². The summed E-state index contributed by atoms with van der Waals surface area (Å²) in [5.74, 6) is 0.562. The van der Waals surface area contributed by atoms with E-state index in [1.165, 1.54) is 12.8 Å². The first-order valence-electron chi connectivity index (χ1n) is 3.98. The highest BCUT2D eigenvalue weighted by Crippen LogP contribution is 2.45. The fourth-order valence-corrected chi connectivity index (χ4v) is 1.77. The van der Waals surface area contributed by atoms with Gasteiger partial charge in [-0.1, -0.05) is 0 Å². The minimum absolute atomic E-state index is 0.333. The van der Waals surface area contributed by atoms with E-state index in [4.69, 9.17) is 4.74 Å². The van der Waals surface area contributed by atoms with E-state index in [1.807, 2.05) is 0 Å². The Balaban J connectivity index is 2.11. The first-order chi connectivity index (χ1) is 4.87. The summed E-state index contributed by atoms with van der Waals surface area (Å²) < 4.78 is 5.45. The van der Waals surface area contributed by atoms with Crippen molar-refractivity contribution in [1.82, 2.24) is 0 Å². The fraction of sp³-hybridized carbons (Fsp3) is 0.875. The average Bonchev–Trinajstić information content (AvgIpc) is 2.71. The van der Waals surface area contributed by atoms with Crippen LogP contribution >= 0.6 is 0 Å². The van der Waals surface area contributed by atoms with Gasteiger partial charge < -0.3 is 9.53 Å². The van der Waals surface area contributed by atoms with Gasteiger partial charge in [0.1, 0.15) is 5.60 Å². The molecule has 2 rings (SSSR count). The molecule has 0 amide bonds. The van der Waals surface area contributed by atoms with Crippen molar-refractivity contribution in [3.63, 3.8) is 0 Å². The standard InChI is InChI=1S/C8H12O2/c9-6-8(7-2-3-7)4-1-5-10-8/h6-7H,1-5H2. The summed E-state index contributed by atoms with van der Waals surface area (Å²) in [6.07, 6.45) is 5.44. The maximum atomic E-state index is 10.7. The molecule has 2 heteroatoms. The Hall–Kier alpha value is -0.370. The summed E-state index contributed by atoms with van der Waals surface area (Å²) >= 11 is 0. The lowest BCUT2D eigenvalue weighted by atomic mass is 9.96. The highest BCUT2D eigenvalue weighted by Gasteiger charge is 2.48. The Kier molecular flexibility index (Phi) is 1.31. The van der Waals surface area contributed by atoms with E-state index >= 15 is 0 Å². The molecule has 1 heterocycles. The molecule has 56 valence electrons. The topological polar surface area (TPSA) is 26.3 Å². The van der Waals surface area contributed by atoms with Crippen molar-refractivity contribution < 1.29 is 9.53 Å². The largest absolute Gasteiger partial charge is 0.367 e. The van der Waals surface area contributed by atoms with Gasteiger partial charge in [0.05, 0.1) is 0 Å². The number of carbonyl (C=O) groups is 1. The van der Waals surface area contributed by atoms with Crippen LogP contribution in [0.5, 0.6) is 0 Å². The van der Waals surface area contributed by atoms with E-state index in [1.54, 1.807) is 0 Å². The molecule has 1 aliphatic carbocycles. The third-order valence-electron chi connectivity index (χ3n) is 2.55. The van der Waals surface area contributed by atoms with Crippen LogP contribution in [-0.4, -0.2) is 18.5 Å². The highest BCUT2D eigenvalue weighted by atomic mass is 16.5. The molecule has 0 aromatic heterocycles. The number of ether oxygens (including phenoxy) is 1. The predicted octanol–water partition coefficient (Wildman–Crippen LogP) is 1.14. The summed E-state index contributed by atoms with van der Waals surface area (Å²) in [5, 5.41) is 0. The van der Waals surface area contributed by atoms with E-state index in [0.717, 1.165) is 25.7 Å². The average molecular weight is 140 g/mol. The Labute approximate surface area is 60.6 Å². The molecule has 2 nitrogen and oxygen atoms in total. The van der Waals surface area contributed by atoms with Crippen LogP contribution in [0.15, 0.2) is 0 Å². The highest BCUT2D eigenvalue weighted by molar-refractivity contribution is 5.64. The second-order valence-electron chi connectivity index (χ2n) is 3.30. The van der Waals surface area contributed by atoms with Crippen LogP contribution in [0, 0.1) is 5.92 Å². The van der Waals surface area contributed by atoms with Gasteiger partial charge in [-0.05, 0) is 31.6 Å². The minimum atomic E-state index is -0.333. The lowest BCUT2D eigenvalue weighted by molar-refractivity contribution is -0.127. The van der Waals surface area contributed by atoms with E-state index in [0.29, 0.717) is 5.92 Å². The second kappa shape index (κ2) is 2.06. The molecule has 0 radical (unpaired) electrons. The quantitative estimate of drug-likeness (QED) is 0.538. The van der Waals surface area contributed by atoms with Crippen LogP contribution in [0.2, 0.25) is 0 Å². The first-order valence-corrected chi connectivity index (χ1v) is 3.98. The summed E-state index contributed by atoms with van der Waals surface area (Å²) in [7, 11) is 0. The van der Waals surface area contributed by atoms with E-state index in [2.05, 4.69) is 0 Å². The lowest BCUT2D eigenvalue weighted by Crippen LogP contribution is -2.32. The van der Waals surface area contributed by atoms with Gasteiger partial charge in [0.15, 0.2) is 6.29 Å². The smallest absolute Gasteiger partial charge is 0.152 e. The third-order valence-corrected chi connectivity index (χ3v) is 2.55. The molecule has 0 aromatic carbocycles. The molecular formula is C8H12O2. The monoisotopic (exact) mass is 140 g/mol. The molecule has 10 heavy (non-hydrogen) atoms. The molecule has 2 fully saturated rings. The molecule has 0 N–H and O–H groups in total. The molecule has 1 atom stereocenters. The molecule has 1 saturated carbocycles. The van der Waals surface area contributed by atoms with Crippen LogP contribution in [0.4, 0.5) is 0 Å². The van der Waals surface area contributed by atoms with Gasteiger partial charge in [-0.25, -0.2) is 0 Å². The van der Waals surface area contributed by atoms with E-state index < -0.39 is 0 Å². The number of carbonyl (C=O) groups excluding carboxylic acids is 1. The normalized spacial score (nSPS) is 40.0. The Morgan fingerprint density at radius 2 is 2.30 bits per heavy atom. The molecule has 1 unspecified atom stereocenters. The lowest BCUT2D eigenvalue weighted by Gasteiger charge is -2.19. The van der Waals surface area contributed by atoms with Gasteiger partial charge in [-0.3, -0.25) is 0 Å². The number of hydrogen-bond acceptors (Lipinski definition) is 2. The first kappa shape index (κ1) is 6.35. The molecule has 0 bridgehead atoms. The zero-order valence-corrected chi connectivity index (χ0v) is 6.01. The van der Waals surface area contributed by atoms with Crippen molar-refractivity contribution >= 4 is 6.29 Å². The summed E-state index contributed by atoms with van der Waals surface area (Å²) in [5.41, 5.74) is -0.333. The van der Waals surface area contributed by atoms with Crippen LogP contribution in [-0.2, 0) is 9.53 Å². The van der Waals surface area contributed by atoms with E-state index in [9.17, 15) is 4.79 Å². The van der Waals surface area contributed by atoms with Crippen molar-refractivity contribution in [2.75, 3.05) is 6.61 Å². The van der Waals surface area contributed by atoms with Crippen LogP contribution in [0.3, 0.4) is 0 Å². The summed E-state index contributed by atoms with van der Waals surface area (Å²) in [4.78, 5) is 10.7. The van der Waals surface area contributed by atoms with Crippen molar-refractivity contribution in [3.05, 3.63) is 0 Å². The maximum absolute atomic E-state index is 10.7. The molecule has 0 spiro atoms. The second-order valence-corrected chi connectivity index (χ2v) is 3.30. The maximum Gasteiger partial charge on any atom is 0.152 e. The molecule has 2 aliphatic rings. The van der Waals surface area contributed by atoms with Gasteiger partial charge >= 0.3 is 0 Å². The Bertz CT molecular complexity index is 143. The molecule has 1 saturated heterocycles. The SMILES string of the molecule is O=CC1(C2CC2)CCCO1. The van der Waals surface area contributed by atoms with Crippen molar-refractivity contribution in [3.8, 4) is 0 Å². The number of aldehydes is 1. The zero-order valence-electron chi connectivity index (χ0n) is 6.01. The number of rotatable bonds is 2. The van der Waals surface area contributed by atoms with Crippen LogP contribution in [0.25, 0.3) is 0 Å². The van der Waals surface area contributed by atoms with Gasteiger partial charge in [0.25, 0.3) is 0 Å². The zero-order chi connectivity index (χ0) is 7.03. The van der Waals surface area contributed by atoms with Crippen molar-refractivity contribution in [2.24, 2.45) is 5.92 Å². The summed E-state index contributed by atoms with van der Waals surface area (Å²) in [6, 6.07) is 0. The minimum Gasteiger partial charge on any atom is -0.367 e. The Morgan fingerprint density at radius 3 is 2.70 bits per heavy atom. The van der Waals surface area contributed by atoms with Gasteiger partial charge in [-0.15, -0.1) is 0 Å². The summed E-state index contributed by atoms with van der Waals surface area (Å²) in [6.45, 7) is 0.787. The van der Waals surface area contributed by atoms with Crippen molar-refractivity contribution in [2.45, 2.75) is 31.3 Å². The number of hydrogen-bond donors (Lipinski definition) is 0. The molecular weight excluding hydrogens is 128 g/mol. The van der Waals surface area contributed by atoms with Gasteiger partial charge in [-0.2, -0.15) is 0 Å². The third kappa shape index (κ3) is 0.788. The van der Waals surface area contributed by atoms with Crippen LogP contribution in [0.1, 0.15) is 25.7 Å². The Morgan fingerprint density at radius 1 is 1.50 bits per heavy atom. The van der Waals surface area contributed by atoms with Crippen LogP contribution < -0.4 is 0 Å². The molecule has 1 aliphatic heterocycles. The molecule has 0 aromatic rings.